The van der Waals surface area contributed by atoms with Crippen LogP contribution in [0.1, 0.15) is 51.3 Å². The van der Waals surface area contributed by atoms with Crippen molar-refractivity contribution >= 4 is 17.7 Å². The van der Waals surface area contributed by atoms with Crippen LogP contribution in [0.2, 0.25) is 0 Å². The maximum atomic E-state index is 13.0. The first-order chi connectivity index (χ1) is 13.4. The monoisotopic (exact) mass is 381 g/mol. The average Bonchev–Trinajstić information content (AvgIpc) is 2.92. The van der Waals surface area contributed by atoms with Crippen LogP contribution in [-0.2, 0) is 4.74 Å². The number of carbonyl (C=O) groups excluding carboxylic acids is 3. The summed E-state index contributed by atoms with van der Waals surface area (Å²) in [4.78, 5) is 43.8. The summed E-state index contributed by atoms with van der Waals surface area (Å²) < 4.78 is 6.43. The lowest BCUT2D eigenvalue weighted by Gasteiger charge is -2.12. The number of hydrogen-bond donors (Lipinski definition) is 0. The second-order valence-corrected chi connectivity index (χ2v) is 6.83. The Balaban J connectivity index is 1.94. The third-order valence-electron chi connectivity index (χ3n) is 4.40. The number of amides is 2. The summed E-state index contributed by atoms with van der Waals surface area (Å²) in [6.45, 7) is 4.61. The molecule has 28 heavy (non-hydrogen) atoms. The SMILES string of the molecule is COCCCN1C(=O)c2ccc(C(=O)n3ccccc3=NC(C)C)cc2C1=O. The fourth-order valence-electron chi connectivity index (χ4n) is 3.11. The number of hydrogen-bond acceptors (Lipinski definition) is 5. The first-order valence-electron chi connectivity index (χ1n) is 9.19. The zero-order chi connectivity index (χ0) is 20.3. The first kappa shape index (κ1) is 19.7. The predicted molar refractivity (Wildman–Crippen MR) is 103 cm³/mol. The van der Waals surface area contributed by atoms with Crippen molar-refractivity contribution in [2.24, 2.45) is 4.99 Å². The summed E-state index contributed by atoms with van der Waals surface area (Å²) in [5, 5.41) is 0. The highest BCUT2D eigenvalue weighted by molar-refractivity contribution is 6.22. The number of aromatic nitrogens is 1. The minimum absolute atomic E-state index is 0.0290. The Bertz CT molecular complexity index is 991. The number of imide groups is 1. The summed E-state index contributed by atoms with van der Waals surface area (Å²) >= 11 is 0. The largest absolute Gasteiger partial charge is 0.385 e. The van der Waals surface area contributed by atoms with Crippen LogP contribution >= 0.6 is 0 Å². The molecule has 0 saturated carbocycles. The van der Waals surface area contributed by atoms with Gasteiger partial charge < -0.3 is 4.74 Å². The van der Waals surface area contributed by atoms with Crippen LogP contribution in [0.5, 0.6) is 0 Å². The Morgan fingerprint density at radius 2 is 1.86 bits per heavy atom. The van der Waals surface area contributed by atoms with Crippen molar-refractivity contribution in [3.63, 3.8) is 0 Å². The molecule has 0 atom stereocenters. The van der Waals surface area contributed by atoms with Crippen molar-refractivity contribution in [1.82, 2.24) is 9.47 Å². The molecular formula is C21H23N3O4. The smallest absolute Gasteiger partial charge is 0.263 e. The van der Waals surface area contributed by atoms with Gasteiger partial charge in [0.2, 0.25) is 0 Å². The van der Waals surface area contributed by atoms with Gasteiger partial charge in [-0.1, -0.05) is 6.07 Å². The first-order valence-corrected chi connectivity index (χ1v) is 9.19. The molecule has 2 heterocycles. The molecule has 0 saturated heterocycles. The number of fused-ring (bicyclic) bond motifs is 1. The van der Waals surface area contributed by atoms with Gasteiger partial charge in [0.05, 0.1) is 11.1 Å². The summed E-state index contributed by atoms with van der Waals surface area (Å²) in [7, 11) is 1.57. The van der Waals surface area contributed by atoms with Gasteiger partial charge in [-0.25, -0.2) is 0 Å². The van der Waals surface area contributed by atoms with Gasteiger partial charge in [-0.15, -0.1) is 0 Å². The van der Waals surface area contributed by atoms with Gasteiger partial charge in [0, 0.05) is 38.1 Å². The zero-order valence-corrected chi connectivity index (χ0v) is 16.2. The van der Waals surface area contributed by atoms with Gasteiger partial charge in [0.25, 0.3) is 17.7 Å². The number of carbonyl (C=O) groups is 3. The Kier molecular flexibility index (Phi) is 5.84. The van der Waals surface area contributed by atoms with Gasteiger partial charge in [-0.05, 0) is 50.6 Å². The minimum Gasteiger partial charge on any atom is -0.385 e. The van der Waals surface area contributed by atoms with Crippen molar-refractivity contribution in [2.75, 3.05) is 20.3 Å². The highest BCUT2D eigenvalue weighted by atomic mass is 16.5. The average molecular weight is 381 g/mol. The third-order valence-corrected chi connectivity index (χ3v) is 4.40. The normalized spacial score (nSPS) is 14.1. The van der Waals surface area contributed by atoms with Crippen molar-refractivity contribution in [3.8, 4) is 0 Å². The molecule has 1 aromatic heterocycles. The standard InChI is InChI=1S/C21H23N3O4/c1-14(2)22-18-7-4-5-10-23(18)19(25)15-8-9-16-17(13-15)21(27)24(20(16)26)11-6-12-28-3/h4-5,7-10,13-14H,6,11-12H2,1-3H3. The van der Waals surface area contributed by atoms with Gasteiger partial charge in [-0.3, -0.25) is 28.8 Å². The Labute approximate surface area is 163 Å². The van der Waals surface area contributed by atoms with E-state index >= 15 is 0 Å². The van der Waals surface area contributed by atoms with Crippen molar-refractivity contribution < 1.29 is 19.1 Å². The molecule has 1 aromatic carbocycles. The molecule has 0 N–H and O–H groups in total. The summed E-state index contributed by atoms with van der Waals surface area (Å²) in [5.41, 5.74) is 1.44. The molecule has 7 heteroatoms. The lowest BCUT2D eigenvalue weighted by Crippen LogP contribution is -2.31. The highest BCUT2D eigenvalue weighted by Gasteiger charge is 2.35. The second-order valence-electron chi connectivity index (χ2n) is 6.83. The van der Waals surface area contributed by atoms with Gasteiger partial charge in [0.1, 0.15) is 5.49 Å². The van der Waals surface area contributed by atoms with E-state index in [1.807, 2.05) is 19.9 Å². The molecule has 2 aromatic rings. The lowest BCUT2D eigenvalue weighted by molar-refractivity contribution is 0.0638. The molecule has 0 unspecified atom stereocenters. The zero-order valence-electron chi connectivity index (χ0n) is 16.2. The summed E-state index contributed by atoms with van der Waals surface area (Å²) in [6.07, 6.45) is 2.20. The number of benzene rings is 1. The lowest BCUT2D eigenvalue weighted by atomic mass is 10.1. The van der Waals surface area contributed by atoms with E-state index in [4.69, 9.17) is 4.74 Å². The van der Waals surface area contributed by atoms with Crippen molar-refractivity contribution in [3.05, 3.63) is 64.8 Å². The molecule has 0 spiro atoms. The maximum absolute atomic E-state index is 13.0. The van der Waals surface area contributed by atoms with Crippen LogP contribution in [0, 0.1) is 0 Å². The van der Waals surface area contributed by atoms with Crippen LogP contribution in [-0.4, -0.2) is 53.5 Å². The summed E-state index contributed by atoms with van der Waals surface area (Å²) in [6, 6.07) is 9.96. The maximum Gasteiger partial charge on any atom is 0.263 e. The molecule has 7 nitrogen and oxygen atoms in total. The van der Waals surface area contributed by atoms with Crippen LogP contribution in [0.25, 0.3) is 0 Å². The Morgan fingerprint density at radius 3 is 2.57 bits per heavy atom. The number of methoxy groups -OCH3 is 1. The van der Waals surface area contributed by atoms with E-state index in [1.54, 1.807) is 37.6 Å². The number of nitrogens with zero attached hydrogens (tertiary/aromatic N) is 3. The number of pyridine rings is 1. The molecule has 3 rings (SSSR count). The molecule has 2 amide bonds. The Hall–Kier alpha value is -3.06. The van der Waals surface area contributed by atoms with E-state index < -0.39 is 0 Å². The molecule has 146 valence electrons. The molecular weight excluding hydrogens is 358 g/mol. The van der Waals surface area contributed by atoms with Gasteiger partial charge in [0.15, 0.2) is 0 Å². The van der Waals surface area contributed by atoms with Crippen LogP contribution < -0.4 is 5.49 Å². The van der Waals surface area contributed by atoms with Crippen molar-refractivity contribution in [1.29, 1.82) is 0 Å². The van der Waals surface area contributed by atoms with Crippen LogP contribution in [0.15, 0.2) is 47.6 Å². The fraction of sp³-hybridized carbons (Fsp3) is 0.333. The van der Waals surface area contributed by atoms with E-state index in [1.165, 1.54) is 15.5 Å². The summed E-state index contributed by atoms with van der Waals surface area (Å²) in [5.74, 6) is -1.02. The van der Waals surface area contributed by atoms with Crippen LogP contribution in [0.3, 0.4) is 0 Å². The predicted octanol–water partition coefficient (Wildman–Crippen LogP) is 2.12. The Morgan fingerprint density at radius 1 is 1.11 bits per heavy atom. The van der Waals surface area contributed by atoms with E-state index in [0.717, 1.165) is 0 Å². The van der Waals surface area contributed by atoms with Gasteiger partial charge in [-0.2, -0.15) is 0 Å². The van der Waals surface area contributed by atoms with E-state index in [9.17, 15) is 14.4 Å². The topological polar surface area (TPSA) is 81.0 Å². The van der Waals surface area contributed by atoms with Crippen molar-refractivity contribution in [2.45, 2.75) is 26.3 Å². The molecule has 0 radical (unpaired) electrons. The second kappa shape index (κ2) is 8.31. The fourth-order valence-corrected chi connectivity index (χ4v) is 3.11. The van der Waals surface area contributed by atoms with E-state index in [2.05, 4.69) is 4.99 Å². The number of ether oxygens (including phenoxy) is 1. The molecule has 0 fully saturated rings. The highest BCUT2D eigenvalue weighted by Crippen LogP contribution is 2.24. The molecule has 1 aliphatic heterocycles. The number of rotatable bonds is 6. The van der Waals surface area contributed by atoms with Crippen LogP contribution in [0.4, 0.5) is 0 Å². The molecule has 1 aliphatic rings. The van der Waals surface area contributed by atoms with E-state index in [-0.39, 0.29) is 35.9 Å². The third kappa shape index (κ3) is 3.80. The molecule has 0 bridgehead atoms. The molecule has 0 aliphatic carbocycles. The van der Waals surface area contributed by atoms with Gasteiger partial charge >= 0.3 is 0 Å². The minimum atomic E-state index is -0.379. The quantitative estimate of drug-likeness (QED) is 0.567. The van der Waals surface area contributed by atoms with E-state index in [0.29, 0.717) is 29.6 Å².